The van der Waals surface area contributed by atoms with Gasteiger partial charge in [-0.2, -0.15) is 0 Å². The second-order valence-electron chi connectivity index (χ2n) is 5.93. The molecule has 5 heteroatoms. The van der Waals surface area contributed by atoms with Gasteiger partial charge in [0.25, 0.3) is 0 Å². The fraction of sp³-hybridized carbons (Fsp3) is 0.857. The quantitative estimate of drug-likeness (QED) is 0.790. The highest BCUT2D eigenvalue weighted by Gasteiger charge is 2.29. The molecule has 1 rings (SSSR count). The van der Waals surface area contributed by atoms with Gasteiger partial charge in [-0.15, -0.1) is 0 Å². The minimum absolute atomic E-state index is 0.0188. The number of aliphatic carboxylic acids is 1. The Hall–Kier alpha value is -1.10. The third kappa shape index (κ3) is 5.59. The van der Waals surface area contributed by atoms with Crippen molar-refractivity contribution in [3.05, 3.63) is 0 Å². The molecule has 1 fully saturated rings. The summed E-state index contributed by atoms with van der Waals surface area (Å²) in [4.78, 5) is 26.8. The van der Waals surface area contributed by atoms with E-state index >= 15 is 0 Å². The zero-order valence-corrected chi connectivity index (χ0v) is 12.3. The third-order valence-electron chi connectivity index (χ3n) is 3.74. The van der Waals surface area contributed by atoms with Crippen LogP contribution in [0.25, 0.3) is 0 Å². The first-order chi connectivity index (χ1) is 8.90. The first-order valence-electron chi connectivity index (χ1n) is 7.05. The van der Waals surface area contributed by atoms with Gasteiger partial charge in [-0.1, -0.05) is 19.8 Å². The van der Waals surface area contributed by atoms with Gasteiger partial charge in [-0.25, -0.2) is 0 Å². The molecule has 0 spiro atoms. The molecule has 0 saturated heterocycles. The van der Waals surface area contributed by atoms with Crippen molar-refractivity contribution < 1.29 is 14.7 Å². The van der Waals surface area contributed by atoms with Crippen LogP contribution < -0.4 is 0 Å². The number of hydrogen-bond acceptors (Lipinski definition) is 3. The number of carbonyl (C=O) groups excluding carboxylic acids is 1. The van der Waals surface area contributed by atoms with Crippen LogP contribution in [0.5, 0.6) is 0 Å². The minimum atomic E-state index is -0.934. The number of rotatable bonds is 6. The second kappa shape index (κ2) is 7.48. The average Bonchev–Trinajstić information content (AvgIpc) is 2.33. The van der Waals surface area contributed by atoms with Crippen molar-refractivity contribution in [1.82, 2.24) is 9.80 Å². The number of carboxylic acids is 1. The van der Waals surface area contributed by atoms with Crippen LogP contribution in [-0.4, -0.2) is 60.5 Å². The van der Waals surface area contributed by atoms with Crippen LogP contribution in [0.3, 0.4) is 0 Å². The highest BCUT2D eigenvalue weighted by atomic mass is 16.4. The Bertz CT molecular complexity index is 318. The molecule has 0 aromatic carbocycles. The molecule has 1 saturated carbocycles. The summed E-state index contributed by atoms with van der Waals surface area (Å²) >= 11 is 0. The van der Waals surface area contributed by atoms with E-state index < -0.39 is 5.97 Å². The summed E-state index contributed by atoms with van der Waals surface area (Å²) in [6.45, 7) is 3.17. The highest BCUT2D eigenvalue weighted by Crippen LogP contribution is 2.29. The standard InChI is InChI=1S/C14H26N2O3/c1-11-5-4-6-12(9-11)14(19)16(10-13(17)18)8-7-15(2)3/h11-12H,4-10H2,1-3H3,(H,17,18)/t11-,12-/m1/s1. The number of hydrogen-bond donors (Lipinski definition) is 1. The maximum absolute atomic E-state index is 12.4. The summed E-state index contributed by atoms with van der Waals surface area (Å²) in [5.41, 5.74) is 0. The Labute approximate surface area is 115 Å². The lowest BCUT2D eigenvalue weighted by atomic mass is 9.81. The van der Waals surface area contributed by atoms with Crippen LogP contribution in [-0.2, 0) is 9.59 Å². The van der Waals surface area contributed by atoms with Crippen molar-refractivity contribution in [3.63, 3.8) is 0 Å². The molecule has 0 aliphatic heterocycles. The van der Waals surface area contributed by atoms with Crippen LogP contribution in [0.2, 0.25) is 0 Å². The molecule has 1 aliphatic rings. The Morgan fingerprint density at radius 2 is 1.89 bits per heavy atom. The Kier molecular flexibility index (Phi) is 6.28. The van der Waals surface area contributed by atoms with E-state index in [1.54, 1.807) is 0 Å². The Morgan fingerprint density at radius 1 is 1.21 bits per heavy atom. The molecule has 2 atom stereocenters. The molecule has 0 radical (unpaired) electrons. The van der Waals surface area contributed by atoms with Crippen LogP contribution in [0.15, 0.2) is 0 Å². The van der Waals surface area contributed by atoms with E-state index in [4.69, 9.17) is 5.11 Å². The summed E-state index contributed by atoms with van der Waals surface area (Å²) < 4.78 is 0. The Morgan fingerprint density at radius 3 is 2.42 bits per heavy atom. The summed E-state index contributed by atoms with van der Waals surface area (Å²) in [5.74, 6) is -0.319. The van der Waals surface area contributed by atoms with E-state index in [0.29, 0.717) is 19.0 Å². The smallest absolute Gasteiger partial charge is 0.323 e. The SMILES string of the molecule is C[C@@H]1CCC[C@@H](C(=O)N(CCN(C)C)CC(=O)O)C1. The van der Waals surface area contributed by atoms with Gasteiger partial charge >= 0.3 is 5.97 Å². The van der Waals surface area contributed by atoms with Gasteiger partial charge in [-0.05, 0) is 32.9 Å². The molecule has 1 aliphatic carbocycles. The predicted octanol–water partition coefficient (Wildman–Crippen LogP) is 1.29. The number of amides is 1. The lowest BCUT2D eigenvalue weighted by molar-refractivity contribution is -0.147. The topological polar surface area (TPSA) is 60.9 Å². The van der Waals surface area contributed by atoms with Gasteiger partial charge in [-0.3, -0.25) is 9.59 Å². The monoisotopic (exact) mass is 270 g/mol. The molecule has 0 heterocycles. The summed E-state index contributed by atoms with van der Waals surface area (Å²) in [5, 5.41) is 8.94. The molecular formula is C14H26N2O3. The molecule has 0 unspecified atom stereocenters. The molecular weight excluding hydrogens is 244 g/mol. The first-order valence-corrected chi connectivity index (χ1v) is 7.05. The normalized spacial score (nSPS) is 23.4. The van der Waals surface area contributed by atoms with Crippen molar-refractivity contribution in [2.75, 3.05) is 33.7 Å². The average molecular weight is 270 g/mol. The van der Waals surface area contributed by atoms with Gasteiger partial charge in [0.05, 0.1) is 0 Å². The first kappa shape index (κ1) is 16.0. The van der Waals surface area contributed by atoms with Gasteiger partial charge in [0.1, 0.15) is 6.54 Å². The van der Waals surface area contributed by atoms with Crippen LogP contribution >= 0.6 is 0 Å². The van der Waals surface area contributed by atoms with Crippen molar-refractivity contribution in [1.29, 1.82) is 0 Å². The molecule has 110 valence electrons. The van der Waals surface area contributed by atoms with Gasteiger partial charge in [0.15, 0.2) is 0 Å². The molecule has 1 amide bonds. The molecule has 5 nitrogen and oxygen atoms in total. The molecule has 19 heavy (non-hydrogen) atoms. The number of carboxylic acid groups (broad SMARTS) is 1. The fourth-order valence-electron chi connectivity index (χ4n) is 2.67. The molecule has 0 bridgehead atoms. The van der Waals surface area contributed by atoms with E-state index in [-0.39, 0.29) is 18.4 Å². The Balaban J connectivity index is 2.61. The maximum atomic E-state index is 12.4. The van der Waals surface area contributed by atoms with Gasteiger partial charge in [0, 0.05) is 19.0 Å². The number of carbonyl (C=O) groups is 2. The third-order valence-corrected chi connectivity index (χ3v) is 3.74. The van der Waals surface area contributed by atoms with Gasteiger partial charge < -0.3 is 14.9 Å². The van der Waals surface area contributed by atoms with E-state index in [1.807, 2.05) is 19.0 Å². The molecule has 0 aromatic heterocycles. The van der Waals surface area contributed by atoms with Crippen molar-refractivity contribution in [2.45, 2.75) is 32.6 Å². The summed E-state index contributed by atoms with van der Waals surface area (Å²) in [6.07, 6.45) is 4.06. The van der Waals surface area contributed by atoms with Crippen LogP contribution in [0.4, 0.5) is 0 Å². The van der Waals surface area contributed by atoms with E-state index in [9.17, 15) is 9.59 Å². The van der Waals surface area contributed by atoms with Gasteiger partial charge in [0.2, 0.25) is 5.91 Å². The molecule has 0 aromatic rings. The maximum Gasteiger partial charge on any atom is 0.323 e. The van der Waals surface area contributed by atoms with Crippen molar-refractivity contribution >= 4 is 11.9 Å². The molecule has 1 N–H and O–H groups in total. The largest absolute Gasteiger partial charge is 0.480 e. The van der Waals surface area contributed by atoms with Crippen LogP contribution in [0.1, 0.15) is 32.6 Å². The summed E-state index contributed by atoms with van der Waals surface area (Å²) in [6, 6.07) is 0. The number of likely N-dealkylation sites (N-methyl/N-ethyl adjacent to an activating group) is 1. The second-order valence-corrected chi connectivity index (χ2v) is 5.93. The zero-order valence-electron chi connectivity index (χ0n) is 12.3. The van der Waals surface area contributed by atoms with Crippen LogP contribution in [0, 0.1) is 11.8 Å². The highest BCUT2D eigenvalue weighted by molar-refractivity contribution is 5.83. The lowest BCUT2D eigenvalue weighted by Gasteiger charge is -2.31. The zero-order chi connectivity index (χ0) is 14.4. The predicted molar refractivity (Wildman–Crippen MR) is 73.9 cm³/mol. The number of nitrogens with zero attached hydrogens (tertiary/aromatic N) is 2. The van der Waals surface area contributed by atoms with E-state index in [1.165, 1.54) is 11.3 Å². The lowest BCUT2D eigenvalue weighted by Crippen LogP contribution is -2.44. The van der Waals surface area contributed by atoms with E-state index in [0.717, 1.165) is 19.3 Å². The van der Waals surface area contributed by atoms with Crippen molar-refractivity contribution in [3.8, 4) is 0 Å². The van der Waals surface area contributed by atoms with E-state index in [2.05, 4.69) is 6.92 Å². The minimum Gasteiger partial charge on any atom is -0.480 e. The van der Waals surface area contributed by atoms with Crippen molar-refractivity contribution in [2.24, 2.45) is 11.8 Å². The fourth-order valence-corrected chi connectivity index (χ4v) is 2.67. The summed E-state index contributed by atoms with van der Waals surface area (Å²) in [7, 11) is 3.85.